The largest absolute Gasteiger partial charge is 0.452 e. The second kappa shape index (κ2) is 6.74. The number of esters is 1. The van der Waals surface area contributed by atoms with Crippen LogP contribution in [0.3, 0.4) is 0 Å². The van der Waals surface area contributed by atoms with Crippen molar-refractivity contribution in [3.63, 3.8) is 0 Å². The first-order chi connectivity index (χ1) is 10.4. The van der Waals surface area contributed by atoms with Crippen LogP contribution in [0.4, 0.5) is 5.69 Å². The molecule has 0 unspecified atom stereocenters. The van der Waals surface area contributed by atoms with Crippen LogP contribution in [0.2, 0.25) is 5.02 Å². The lowest BCUT2D eigenvalue weighted by molar-refractivity contribution is -0.384. The van der Waals surface area contributed by atoms with E-state index in [4.69, 9.17) is 16.3 Å². The van der Waals surface area contributed by atoms with Gasteiger partial charge < -0.3 is 10.1 Å². The molecule has 0 radical (unpaired) electrons. The summed E-state index contributed by atoms with van der Waals surface area (Å²) in [4.78, 5) is 33.6. The van der Waals surface area contributed by atoms with E-state index in [0.717, 1.165) is 18.9 Å². The van der Waals surface area contributed by atoms with Crippen LogP contribution in [-0.2, 0) is 9.53 Å². The molecule has 0 saturated heterocycles. The number of halogens is 1. The molecular formula is C14H15ClN2O5. The number of nitrogens with one attached hydrogen (secondary N) is 1. The van der Waals surface area contributed by atoms with Gasteiger partial charge in [-0.15, -0.1) is 0 Å². The second-order valence-electron chi connectivity index (χ2n) is 5.19. The van der Waals surface area contributed by atoms with Crippen molar-refractivity contribution in [1.29, 1.82) is 0 Å². The first-order valence-electron chi connectivity index (χ1n) is 6.79. The number of non-ortho nitro benzene ring substituents is 1. The molecule has 1 aliphatic rings. The maximum atomic E-state index is 11.9. The summed E-state index contributed by atoms with van der Waals surface area (Å²) in [7, 11) is 0. The van der Waals surface area contributed by atoms with E-state index in [9.17, 15) is 19.7 Å². The number of amides is 1. The molecular weight excluding hydrogens is 312 g/mol. The molecule has 0 heterocycles. The molecule has 7 nitrogen and oxygen atoms in total. The zero-order chi connectivity index (χ0) is 16.3. The fourth-order valence-electron chi connectivity index (χ4n) is 2.00. The van der Waals surface area contributed by atoms with Gasteiger partial charge in [-0.2, -0.15) is 0 Å². The van der Waals surface area contributed by atoms with Gasteiger partial charge in [-0.1, -0.05) is 11.6 Å². The highest BCUT2D eigenvalue weighted by molar-refractivity contribution is 6.33. The third kappa shape index (κ3) is 4.17. The quantitative estimate of drug-likeness (QED) is 0.491. The van der Waals surface area contributed by atoms with Gasteiger partial charge in [0.15, 0.2) is 6.61 Å². The Hall–Kier alpha value is -2.15. The van der Waals surface area contributed by atoms with E-state index >= 15 is 0 Å². The van der Waals surface area contributed by atoms with E-state index < -0.39 is 23.4 Å². The number of hydrogen-bond acceptors (Lipinski definition) is 5. The number of carbonyl (C=O) groups is 2. The predicted molar refractivity (Wildman–Crippen MR) is 78.7 cm³/mol. The highest BCUT2D eigenvalue weighted by Gasteiger charge is 2.29. The van der Waals surface area contributed by atoms with E-state index in [1.165, 1.54) is 12.1 Å². The number of nitro groups is 1. The van der Waals surface area contributed by atoms with Gasteiger partial charge in [0.2, 0.25) is 0 Å². The lowest BCUT2D eigenvalue weighted by Crippen LogP contribution is -2.37. The maximum absolute atomic E-state index is 11.9. The van der Waals surface area contributed by atoms with E-state index in [0.29, 0.717) is 5.92 Å². The van der Waals surface area contributed by atoms with Crippen molar-refractivity contribution in [3.05, 3.63) is 38.9 Å². The molecule has 1 atom stereocenters. The minimum absolute atomic E-state index is 0.0300. The molecule has 1 aliphatic carbocycles. The molecule has 1 aromatic rings. The van der Waals surface area contributed by atoms with Crippen LogP contribution in [0.25, 0.3) is 0 Å². The number of hydrogen-bond donors (Lipinski definition) is 1. The molecule has 1 amide bonds. The number of ether oxygens (including phenoxy) is 1. The molecule has 2 rings (SSSR count). The molecule has 118 valence electrons. The second-order valence-corrected chi connectivity index (χ2v) is 5.60. The third-order valence-corrected chi connectivity index (χ3v) is 3.76. The minimum Gasteiger partial charge on any atom is -0.452 e. The lowest BCUT2D eigenvalue weighted by atomic mass is 10.2. The Bertz CT molecular complexity index is 615. The Kier molecular flexibility index (Phi) is 4.97. The summed E-state index contributed by atoms with van der Waals surface area (Å²) in [5.41, 5.74) is -0.415. The van der Waals surface area contributed by atoms with Gasteiger partial charge in [0, 0.05) is 18.2 Å². The van der Waals surface area contributed by atoms with E-state index in [2.05, 4.69) is 5.32 Å². The first kappa shape index (κ1) is 16.2. The van der Waals surface area contributed by atoms with Crippen molar-refractivity contribution in [1.82, 2.24) is 5.32 Å². The van der Waals surface area contributed by atoms with Crippen molar-refractivity contribution < 1.29 is 19.2 Å². The number of nitro benzene ring substituents is 1. The molecule has 22 heavy (non-hydrogen) atoms. The Labute approximate surface area is 131 Å². The molecule has 0 aliphatic heterocycles. The van der Waals surface area contributed by atoms with Gasteiger partial charge in [-0.25, -0.2) is 4.79 Å². The van der Waals surface area contributed by atoms with Crippen molar-refractivity contribution >= 4 is 29.2 Å². The predicted octanol–water partition coefficient (Wildman–Crippen LogP) is 2.32. The van der Waals surface area contributed by atoms with Crippen LogP contribution in [0, 0.1) is 16.0 Å². The van der Waals surface area contributed by atoms with E-state index in [1.807, 2.05) is 6.92 Å². The molecule has 0 spiro atoms. The van der Waals surface area contributed by atoms with Crippen molar-refractivity contribution in [3.8, 4) is 0 Å². The Morgan fingerprint density at radius 3 is 2.77 bits per heavy atom. The SMILES string of the molecule is C[C@@H](NC(=O)COC(=O)c1cc([N+](=O)[O-])ccc1Cl)C1CC1. The summed E-state index contributed by atoms with van der Waals surface area (Å²) in [5.74, 6) is -0.789. The average molecular weight is 327 g/mol. The Morgan fingerprint density at radius 2 is 2.18 bits per heavy atom. The van der Waals surface area contributed by atoms with Gasteiger partial charge in [-0.3, -0.25) is 14.9 Å². The van der Waals surface area contributed by atoms with Gasteiger partial charge in [0.25, 0.3) is 11.6 Å². The fraction of sp³-hybridized carbons (Fsp3) is 0.429. The fourth-order valence-corrected chi connectivity index (χ4v) is 2.20. The number of nitrogens with zero attached hydrogens (tertiary/aromatic N) is 1. The van der Waals surface area contributed by atoms with Crippen LogP contribution in [0.5, 0.6) is 0 Å². The van der Waals surface area contributed by atoms with Gasteiger partial charge in [0.1, 0.15) is 0 Å². The number of benzene rings is 1. The summed E-state index contributed by atoms with van der Waals surface area (Å²) in [6.07, 6.45) is 2.18. The maximum Gasteiger partial charge on any atom is 0.340 e. The van der Waals surface area contributed by atoms with Crippen LogP contribution in [0.15, 0.2) is 18.2 Å². The van der Waals surface area contributed by atoms with Crippen LogP contribution < -0.4 is 5.32 Å². The topological polar surface area (TPSA) is 98.5 Å². The smallest absolute Gasteiger partial charge is 0.340 e. The van der Waals surface area contributed by atoms with Crippen LogP contribution >= 0.6 is 11.6 Å². The number of carbonyl (C=O) groups excluding carboxylic acids is 2. The molecule has 8 heteroatoms. The highest BCUT2D eigenvalue weighted by Crippen LogP contribution is 2.32. The molecule has 0 aromatic heterocycles. The van der Waals surface area contributed by atoms with Gasteiger partial charge >= 0.3 is 5.97 Å². The summed E-state index contributed by atoms with van der Waals surface area (Å²) in [5, 5.41) is 13.5. The summed E-state index contributed by atoms with van der Waals surface area (Å²) >= 11 is 5.82. The zero-order valence-electron chi connectivity index (χ0n) is 11.9. The minimum atomic E-state index is -0.872. The normalized spacial score (nSPS) is 15.0. The molecule has 1 N–H and O–H groups in total. The summed E-state index contributed by atoms with van der Waals surface area (Å²) in [6.45, 7) is 1.45. The monoisotopic (exact) mass is 326 g/mol. The third-order valence-electron chi connectivity index (χ3n) is 3.43. The number of rotatable bonds is 6. The van der Waals surface area contributed by atoms with Crippen molar-refractivity contribution in [2.75, 3.05) is 6.61 Å². The van der Waals surface area contributed by atoms with Crippen molar-refractivity contribution in [2.24, 2.45) is 5.92 Å². The van der Waals surface area contributed by atoms with Crippen LogP contribution in [0.1, 0.15) is 30.1 Å². The van der Waals surface area contributed by atoms with Gasteiger partial charge in [0.05, 0.1) is 15.5 Å². The van der Waals surface area contributed by atoms with Crippen LogP contribution in [-0.4, -0.2) is 29.4 Å². The summed E-state index contributed by atoms with van der Waals surface area (Å²) in [6, 6.07) is 3.50. The summed E-state index contributed by atoms with van der Waals surface area (Å²) < 4.78 is 4.85. The standard InChI is InChI=1S/C14H15ClN2O5/c1-8(9-2-3-9)16-13(18)7-22-14(19)11-6-10(17(20)21)4-5-12(11)15/h4-6,8-9H,2-3,7H2,1H3,(H,16,18)/t8-/m1/s1. The molecule has 1 saturated carbocycles. The first-order valence-corrected chi connectivity index (χ1v) is 7.16. The molecule has 0 bridgehead atoms. The Balaban J connectivity index is 1.92. The average Bonchev–Trinajstić information content (AvgIpc) is 3.29. The van der Waals surface area contributed by atoms with E-state index in [1.54, 1.807) is 0 Å². The highest BCUT2D eigenvalue weighted by atomic mass is 35.5. The lowest BCUT2D eigenvalue weighted by Gasteiger charge is -2.12. The van der Waals surface area contributed by atoms with E-state index in [-0.39, 0.29) is 22.3 Å². The van der Waals surface area contributed by atoms with Gasteiger partial charge in [-0.05, 0) is 31.7 Å². The zero-order valence-corrected chi connectivity index (χ0v) is 12.6. The molecule has 1 aromatic carbocycles. The Morgan fingerprint density at radius 1 is 1.50 bits per heavy atom. The molecule has 1 fully saturated rings. The van der Waals surface area contributed by atoms with Crippen molar-refractivity contribution in [2.45, 2.75) is 25.8 Å².